The molecule has 5 nitrogen and oxygen atoms in total. The fraction of sp³-hybridized carbons (Fsp3) is 0.800. The first kappa shape index (κ1) is 13.3. The smallest absolute Gasteiger partial charge is 0.266 e. The zero-order valence-electron chi connectivity index (χ0n) is 9.93. The van der Waals surface area contributed by atoms with Crippen molar-refractivity contribution < 1.29 is 4.52 Å². The Hall–Kier alpha value is -0.810. The Balaban J connectivity index is 0.00000128. The normalized spacial score (nSPS) is 21.0. The average molecular weight is 247 g/mol. The van der Waals surface area contributed by atoms with Crippen molar-refractivity contribution in [3.63, 3.8) is 0 Å². The van der Waals surface area contributed by atoms with E-state index in [1.165, 1.54) is 0 Å². The van der Waals surface area contributed by atoms with Crippen molar-refractivity contribution in [2.75, 3.05) is 24.5 Å². The van der Waals surface area contributed by atoms with E-state index in [1.807, 2.05) is 0 Å². The van der Waals surface area contributed by atoms with Crippen LogP contribution in [-0.4, -0.2) is 35.8 Å². The molecule has 1 N–H and O–H groups in total. The number of piperazine rings is 1. The molecule has 0 unspecified atom stereocenters. The van der Waals surface area contributed by atoms with Crippen molar-refractivity contribution in [3.05, 3.63) is 5.89 Å². The molecule has 6 heteroatoms. The summed E-state index contributed by atoms with van der Waals surface area (Å²) in [6.07, 6.45) is 0. The van der Waals surface area contributed by atoms with Gasteiger partial charge in [0.25, 0.3) is 5.95 Å². The maximum atomic E-state index is 5.20. The van der Waals surface area contributed by atoms with E-state index in [-0.39, 0.29) is 12.4 Å². The molecule has 0 bridgehead atoms. The first-order valence-electron chi connectivity index (χ1n) is 5.49. The van der Waals surface area contributed by atoms with Gasteiger partial charge in [-0.1, -0.05) is 13.8 Å². The number of halogens is 1. The van der Waals surface area contributed by atoms with Gasteiger partial charge in [0.05, 0.1) is 0 Å². The molecule has 1 fully saturated rings. The quantitative estimate of drug-likeness (QED) is 0.855. The van der Waals surface area contributed by atoms with E-state index < -0.39 is 0 Å². The van der Waals surface area contributed by atoms with Crippen molar-refractivity contribution >= 4 is 18.4 Å². The van der Waals surface area contributed by atoms with Crippen LogP contribution in [0.3, 0.4) is 0 Å². The minimum atomic E-state index is 0. The summed E-state index contributed by atoms with van der Waals surface area (Å²) in [6.45, 7) is 9.17. The molecule has 0 aromatic carbocycles. The van der Waals surface area contributed by atoms with Crippen LogP contribution in [0.5, 0.6) is 0 Å². The molecule has 92 valence electrons. The molecule has 2 heterocycles. The third-order valence-corrected chi connectivity index (χ3v) is 2.68. The van der Waals surface area contributed by atoms with E-state index in [0.717, 1.165) is 31.5 Å². The Morgan fingerprint density at radius 2 is 2.25 bits per heavy atom. The molecule has 1 aromatic heterocycles. The van der Waals surface area contributed by atoms with Crippen molar-refractivity contribution in [2.24, 2.45) is 0 Å². The highest BCUT2D eigenvalue weighted by molar-refractivity contribution is 5.85. The Labute approximate surface area is 102 Å². The largest absolute Gasteiger partial charge is 0.337 e. The van der Waals surface area contributed by atoms with E-state index in [0.29, 0.717) is 12.0 Å². The van der Waals surface area contributed by atoms with Gasteiger partial charge < -0.3 is 14.7 Å². The average Bonchev–Trinajstić information content (AvgIpc) is 2.67. The van der Waals surface area contributed by atoms with Crippen LogP contribution in [0.15, 0.2) is 4.52 Å². The first-order valence-corrected chi connectivity index (χ1v) is 5.49. The van der Waals surface area contributed by atoms with Crippen LogP contribution in [-0.2, 0) is 0 Å². The van der Waals surface area contributed by atoms with Crippen LogP contribution in [0, 0.1) is 0 Å². The molecule has 0 aliphatic carbocycles. The molecule has 2 rings (SSSR count). The van der Waals surface area contributed by atoms with Gasteiger partial charge in [0.15, 0.2) is 0 Å². The molecule has 16 heavy (non-hydrogen) atoms. The minimum Gasteiger partial charge on any atom is -0.337 e. The van der Waals surface area contributed by atoms with Crippen LogP contribution in [0.4, 0.5) is 5.95 Å². The number of hydrogen-bond acceptors (Lipinski definition) is 5. The predicted molar refractivity (Wildman–Crippen MR) is 65.3 cm³/mol. The highest BCUT2D eigenvalue weighted by atomic mass is 35.5. The lowest BCUT2D eigenvalue weighted by Gasteiger charge is -2.32. The van der Waals surface area contributed by atoms with E-state index in [2.05, 4.69) is 41.1 Å². The molecule has 1 aliphatic rings. The Kier molecular flexibility index (Phi) is 4.56. The van der Waals surface area contributed by atoms with Gasteiger partial charge in [-0.3, -0.25) is 0 Å². The SMILES string of the molecule is CC(C)c1nc(N2CCNC[C@H]2C)no1.Cl. The van der Waals surface area contributed by atoms with E-state index in [9.17, 15) is 0 Å². The summed E-state index contributed by atoms with van der Waals surface area (Å²) in [4.78, 5) is 6.59. The monoisotopic (exact) mass is 246 g/mol. The summed E-state index contributed by atoms with van der Waals surface area (Å²) in [7, 11) is 0. The molecule has 0 amide bonds. The summed E-state index contributed by atoms with van der Waals surface area (Å²) < 4.78 is 5.20. The highest BCUT2D eigenvalue weighted by Gasteiger charge is 2.23. The number of aromatic nitrogens is 2. The van der Waals surface area contributed by atoms with Crippen LogP contribution < -0.4 is 10.2 Å². The molecule has 0 radical (unpaired) electrons. The lowest BCUT2D eigenvalue weighted by molar-refractivity contribution is 0.362. The predicted octanol–water partition coefficient (Wildman–Crippen LogP) is 1.41. The molecule has 0 saturated carbocycles. The third-order valence-electron chi connectivity index (χ3n) is 2.68. The zero-order chi connectivity index (χ0) is 10.8. The van der Waals surface area contributed by atoms with Gasteiger partial charge in [0, 0.05) is 31.6 Å². The number of nitrogens with one attached hydrogen (secondary N) is 1. The molecule has 1 aromatic rings. The van der Waals surface area contributed by atoms with Gasteiger partial charge in [-0.15, -0.1) is 12.4 Å². The number of hydrogen-bond donors (Lipinski definition) is 1. The minimum absolute atomic E-state index is 0. The molecule has 1 saturated heterocycles. The second kappa shape index (κ2) is 5.50. The van der Waals surface area contributed by atoms with Gasteiger partial charge in [0.2, 0.25) is 5.89 Å². The first-order chi connectivity index (χ1) is 7.18. The third kappa shape index (κ3) is 2.65. The molecule has 0 spiro atoms. The summed E-state index contributed by atoms with van der Waals surface area (Å²) >= 11 is 0. The van der Waals surface area contributed by atoms with Gasteiger partial charge in [-0.05, 0) is 12.1 Å². The number of anilines is 1. The van der Waals surface area contributed by atoms with Gasteiger partial charge in [0.1, 0.15) is 0 Å². The highest BCUT2D eigenvalue weighted by Crippen LogP contribution is 2.18. The van der Waals surface area contributed by atoms with Crippen LogP contribution in [0.1, 0.15) is 32.6 Å². The Morgan fingerprint density at radius 1 is 1.50 bits per heavy atom. The van der Waals surface area contributed by atoms with Gasteiger partial charge in [-0.25, -0.2) is 0 Å². The maximum absolute atomic E-state index is 5.20. The van der Waals surface area contributed by atoms with Gasteiger partial charge in [-0.2, -0.15) is 4.98 Å². The number of nitrogens with zero attached hydrogens (tertiary/aromatic N) is 3. The molecular formula is C10H19ClN4O. The van der Waals surface area contributed by atoms with E-state index in [1.54, 1.807) is 0 Å². The van der Waals surface area contributed by atoms with Crippen molar-refractivity contribution in [2.45, 2.75) is 32.7 Å². The van der Waals surface area contributed by atoms with Crippen molar-refractivity contribution in [1.29, 1.82) is 0 Å². The zero-order valence-corrected chi connectivity index (χ0v) is 10.8. The molecule has 1 atom stereocenters. The summed E-state index contributed by atoms with van der Waals surface area (Å²) in [5.41, 5.74) is 0. The van der Waals surface area contributed by atoms with Crippen molar-refractivity contribution in [1.82, 2.24) is 15.5 Å². The fourth-order valence-electron chi connectivity index (χ4n) is 1.72. The standard InChI is InChI=1S/C10H18N4O.ClH/c1-7(2)9-12-10(13-15-9)14-5-4-11-6-8(14)3;/h7-8,11H,4-6H2,1-3H3;1H/t8-;/m1./s1. The second-order valence-corrected chi connectivity index (χ2v) is 4.33. The summed E-state index contributed by atoms with van der Waals surface area (Å²) in [5.74, 6) is 1.74. The lowest BCUT2D eigenvalue weighted by Crippen LogP contribution is -2.50. The van der Waals surface area contributed by atoms with E-state index in [4.69, 9.17) is 4.52 Å². The van der Waals surface area contributed by atoms with Gasteiger partial charge >= 0.3 is 0 Å². The van der Waals surface area contributed by atoms with Crippen LogP contribution in [0.25, 0.3) is 0 Å². The topological polar surface area (TPSA) is 54.2 Å². The molecule has 1 aliphatic heterocycles. The molecular weight excluding hydrogens is 228 g/mol. The van der Waals surface area contributed by atoms with Crippen LogP contribution >= 0.6 is 12.4 Å². The number of rotatable bonds is 2. The summed E-state index contributed by atoms with van der Waals surface area (Å²) in [6, 6.07) is 0.427. The Bertz CT molecular complexity index is 328. The Morgan fingerprint density at radius 3 is 2.81 bits per heavy atom. The summed E-state index contributed by atoms with van der Waals surface area (Å²) in [5, 5.41) is 7.36. The maximum Gasteiger partial charge on any atom is 0.266 e. The van der Waals surface area contributed by atoms with Crippen molar-refractivity contribution in [3.8, 4) is 0 Å². The van der Waals surface area contributed by atoms with Crippen LogP contribution in [0.2, 0.25) is 0 Å². The second-order valence-electron chi connectivity index (χ2n) is 4.33. The lowest BCUT2D eigenvalue weighted by atomic mass is 10.2. The fourth-order valence-corrected chi connectivity index (χ4v) is 1.72. The van der Waals surface area contributed by atoms with E-state index >= 15 is 0 Å².